The fourth-order valence-electron chi connectivity index (χ4n) is 11.2. The number of allylic oxidation sites excluding steroid dienone is 4. The molecule has 0 aromatic rings. The van der Waals surface area contributed by atoms with Crippen molar-refractivity contribution in [3.63, 3.8) is 0 Å². The summed E-state index contributed by atoms with van der Waals surface area (Å²) in [6, 6.07) is 2.14. The van der Waals surface area contributed by atoms with Crippen LogP contribution in [0.15, 0.2) is 23.3 Å². The quantitative estimate of drug-likeness (QED) is 0.383. The van der Waals surface area contributed by atoms with E-state index in [2.05, 4.69) is 46.0 Å². The van der Waals surface area contributed by atoms with Gasteiger partial charge in [-0.05, 0) is 91.9 Å². The third-order valence-electron chi connectivity index (χ3n) is 14.0. The van der Waals surface area contributed by atoms with Crippen LogP contribution in [0.1, 0.15) is 106 Å². The van der Waals surface area contributed by atoms with Crippen molar-refractivity contribution in [1.29, 1.82) is 5.26 Å². The molecule has 7 atom stereocenters. The summed E-state index contributed by atoms with van der Waals surface area (Å²) < 4.78 is 0. The standard InChI is InChI=1S/C36H51N3O4/c1-31(2)12-14-36(38-30(43)39-16-9-23(40)10-17-39)15-13-35(7)28(24(36)20-31)25(41)18-27-33(5)19-22(21-37)29(42)32(3,4)26(33)8-11-34(27,35)6/h18-19,23-24,26,28,40H,8-17,20H2,1-7H3,(H,38,43)/t24-,26+,28+,33-,34-,35-,36-/m1/s1. The second-order valence-electron chi connectivity index (χ2n) is 17.1. The number of amides is 2. The number of nitrogens with zero attached hydrogens (tertiary/aromatic N) is 2. The first-order valence-corrected chi connectivity index (χ1v) is 16.6. The molecule has 0 radical (unpaired) electrons. The third-order valence-corrected chi connectivity index (χ3v) is 14.0. The van der Waals surface area contributed by atoms with Crippen molar-refractivity contribution in [3.8, 4) is 6.07 Å². The molecule has 1 heterocycles. The van der Waals surface area contributed by atoms with Crippen LogP contribution in [0.5, 0.6) is 0 Å². The van der Waals surface area contributed by atoms with E-state index < -0.39 is 16.4 Å². The van der Waals surface area contributed by atoms with Crippen molar-refractivity contribution in [2.45, 2.75) is 118 Å². The van der Waals surface area contributed by atoms with Gasteiger partial charge in [-0.25, -0.2) is 4.79 Å². The SMILES string of the molecule is CC1(C)CC[C@@]2(NC(=O)N3CCC(O)CC3)CC[C@]3(C)[C@H](C(=O)C=C4[C@]5(C)C=C(C#N)C(=O)C(C)(C)[C@@H]5CC[C@]43C)[C@H]2C1. The molecular formula is C36H51N3O4. The Balaban J connectivity index is 1.43. The molecule has 0 aromatic heterocycles. The Kier molecular flexibility index (Phi) is 6.77. The lowest BCUT2D eigenvalue weighted by Crippen LogP contribution is -2.70. The van der Waals surface area contributed by atoms with E-state index in [1.165, 1.54) is 0 Å². The summed E-state index contributed by atoms with van der Waals surface area (Å²) in [5, 5.41) is 23.5. The molecule has 4 fully saturated rings. The predicted octanol–water partition coefficient (Wildman–Crippen LogP) is 6.12. The smallest absolute Gasteiger partial charge is 0.317 e. The number of hydrogen-bond donors (Lipinski definition) is 2. The molecule has 6 aliphatic rings. The first kappa shape index (κ1) is 30.6. The maximum atomic E-state index is 14.7. The molecule has 3 saturated carbocycles. The van der Waals surface area contributed by atoms with Crippen molar-refractivity contribution in [2.75, 3.05) is 13.1 Å². The summed E-state index contributed by atoms with van der Waals surface area (Å²) in [6.07, 6.45) is 10.9. The number of aliphatic hydroxyl groups excluding tert-OH is 1. The van der Waals surface area contributed by atoms with Crippen molar-refractivity contribution < 1.29 is 19.5 Å². The van der Waals surface area contributed by atoms with Crippen molar-refractivity contribution in [1.82, 2.24) is 10.2 Å². The van der Waals surface area contributed by atoms with Crippen LogP contribution >= 0.6 is 0 Å². The average molecular weight is 590 g/mol. The van der Waals surface area contributed by atoms with Crippen LogP contribution in [0, 0.1) is 56.2 Å². The molecule has 5 aliphatic carbocycles. The molecule has 2 amide bonds. The summed E-state index contributed by atoms with van der Waals surface area (Å²) in [7, 11) is 0. The van der Waals surface area contributed by atoms with Crippen LogP contribution in [0.4, 0.5) is 4.79 Å². The van der Waals surface area contributed by atoms with Gasteiger partial charge in [-0.2, -0.15) is 5.26 Å². The van der Waals surface area contributed by atoms with E-state index in [9.17, 15) is 24.8 Å². The topological polar surface area (TPSA) is 110 Å². The van der Waals surface area contributed by atoms with Gasteiger partial charge >= 0.3 is 6.03 Å². The molecule has 0 aromatic carbocycles. The zero-order chi connectivity index (χ0) is 31.4. The first-order chi connectivity index (χ1) is 19.9. The van der Waals surface area contributed by atoms with E-state index in [1.807, 2.05) is 30.9 Å². The minimum absolute atomic E-state index is 0.0236. The van der Waals surface area contributed by atoms with Gasteiger partial charge in [-0.15, -0.1) is 0 Å². The Labute approximate surface area is 257 Å². The molecule has 0 unspecified atom stereocenters. The largest absolute Gasteiger partial charge is 0.393 e. The summed E-state index contributed by atoms with van der Waals surface area (Å²) in [4.78, 5) is 43.6. The predicted molar refractivity (Wildman–Crippen MR) is 165 cm³/mol. The number of likely N-dealkylation sites (tertiary alicyclic amines) is 1. The maximum absolute atomic E-state index is 14.7. The number of fused-ring (bicyclic) bond motifs is 7. The summed E-state index contributed by atoms with van der Waals surface area (Å²) >= 11 is 0. The fourth-order valence-corrected chi connectivity index (χ4v) is 11.2. The van der Waals surface area contributed by atoms with Crippen molar-refractivity contribution in [2.24, 2.45) is 44.8 Å². The average Bonchev–Trinajstić information content (AvgIpc) is 2.93. The van der Waals surface area contributed by atoms with Crippen molar-refractivity contribution in [3.05, 3.63) is 23.3 Å². The van der Waals surface area contributed by atoms with E-state index in [-0.39, 0.29) is 63.3 Å². The summed E-state index contributed by atoms with van der Waals surface area (Å²) in [6.45, 7) is 16.5. The van der Waals surface area contributed by atoms with Gasteiger partial charge in [0.1, 0.15) is 6.07 Å². The molecule has 6 rings (SSSR count). The van der Waals surface area contributed by atoms with Crippen molar-refractivity contribution >= 4 is 17.6 Å². The summed E-state index contributed by atoms with van der Waals surface area (Å²) in [5.74, 6) is -0.0951. The zero-order valence-corrected chi connectivity index (χ0v) is 27.3. The molecule has 2 N–H and O–H groups in total. The normalized spacial score (nSPS) is 43.6. The number of nitrogens with one attached hydrogen (secondary N) is 1. The lowest BCUT2D eigenvalue weighted by Gasteiger charge is -2.69. The Morgan fingerprint density at radius 1 is 0.977 bits per heavy atom. The molecule has 7 heteroatoms. The molecule has 1 aliphatic heterocycles. The lowest BCUT2D eigenvalue weighted by atomic mass is 9.35. The van der Waals surface area contributed by atoms with Crippen LogP contribution < -0.4 is 5.32 Å². The summed E-state index contributed by atoms with van der Waals surface area (Å²) in [5.41, 5.74) is -0.850. The maximum Gasteiger partial charge on any atom is 0.317 e. The van der Waals surface area contributed by atoms with E-state index in [4.69, 9.17) is 0 Å². The molecule has 7 nitrogen and oxygen atoms in total. The van der Waals surface area contributed by atoms with Crippen LogP contribution in [0.2, 0.25) is 0 Å². The number of urea groups is 1. The van der Waals surface area contributed by atoms with Gasteiger partial charge < -0.3 is 15.3 Å². The molecule has 234 valence electrons. The molecule has 1 saturated heterocycles. The number of Topliss-reactive ketones (excluding diaryl/α,β-unsaturated/α-hetero) is 1. The number of rotatable bonds is 1. The van der Waals surface area contributed by atoms with Gasteiger partial charge in [-0.1, -0.05) is 60.1 Å². The number of ketones is 2. The number of carbonyl (C=O) groups excluding carboxylic acids is 3. The molecule has 0 bridgehead atoms. The Morgan fingerprint density at radius 2 is 1.63 bits per heavy atom. The van der Waals surface area contributed by atoms with E-state index in [0.29, 0.717) is 25.9 Å². The van der Waals surface area contributed by atoms with E-state index in [0.717, 1.165) is 50.5 Å². The van der Waals surface area contributed by atoms with Gasteiger partial charge in [-0.3, -0.25) is 9.59 Å². The number of carbonyl (C=O) groups is 3. The molecule has 0 spiro atoms. The first-order valence-electron chi connectivity index (χ1n) is 16.6. The second-order valence-corrected chi connectivity index (χ2v) is 17.1. The Morgan fingerprint density at radius 3 is 2.28 bits per heavy atom. The Hall–Kier alpha value is -2.46. The van der Waals surface area contributed by atoms with Gasteiger partial charge in [0, 0.05) is 35.4 Å². The fraction of sp³-hybridized carbons (Fsp3) is 0.778. The van der Waals surface area contributed by atoms with Crippen LogP contribution in [-0.4, -0.2) is 52.3 Å². The highest BCUT2D eigenvalue weighted by molar-refractivity contribution is 6.04. The number of nitriles is 1. The van der Waals surface area contributed by atoms with Gasteiger partial charge in [0.2, 0.25) is 0 Å². The van der Waals surface area contributed by atoms with Gasteiger partial charge in [0.25, 0.3) is 0 Å². The number of aliphatic hydroxyl groups is 1. The Bertz CT molecular complexity index is 1360. The van der Waals surface area contributed by atoms with Gasteiger partial charge in [0.15, 0.2) is 11.6 Å². The highest BCUT2D eigenvalue weighted by Gasteiger charge is 2.70. The van der Waals surface area contributed by atoms with Crippen LogP contribution in [0.25, 0.3) is 0 Å². The second kappa shape index (κ2) is 9.52. The number of piperidine rings is 1. The molecular weight excluding hydrogens is 538 g/mol. The minimum Gasteiger partial charge on any atom is -0.393 e. The lowest BCUT2D eigenvalue weighted by molar-refractivity contribution is -0.160. The van der Waals surface area contributed by atoms with Gasteiger partial charge in [0.05, 0.1) is 11.7 Å². The van der Waals surface area contributed by atoms with E-state index >= 15 is 0 Å². The highest BCUT2D eigenvalue weighted by Crippen LogP contribution is 2.73. The monoisotopic (exact) mass is 589 g/mol. The zero-order valence-electron chi connectivity index (χ0n) is 27.3. The third kappa shape index (κ3) is 4.17. The van der Waals surface area contributed by atoms with E-state index in [1.54, 1.807) is 0 Å². The van der Waals surface area contributed by atoms with Crippen LogP contribution in [-0.2, 0) is 9.59 Å². The van der Waals surface area contributed by atoms with Crippen LogP contribution in [0.3, 0.4) is 0 Å². The minimum atomic E-state index is -0.679. The molecule has 43 heavy (non-hydrogen) atoms. The number of hydrogen-bond acceptors (Lipinski definition) is 5. The highest BCUT2D eigenvalue weighted by atomic mass is 16.3.